The van der Waals surface area contributed by atoms with Crippen LogP contribution in [-0.2, 0) is 16.6 Å². The Balaban J connectivity index is 1.96. The molecule has 19 heavy (non-hydrogen) atoms. The molecule has 0 unspecified atom stereocenters. The second-order valence-corrected chi connectivity index (χ2v) is 6.94. The van der Waals surface area contributed by atoms with Crippen molar-refractivity contribution in [2.45, 2.75) is 43.7 Å². The third-order valence-corrected chi connectivity index (χ3v) is 5.16. The van der Waals surface area contributed by atoms with Crippen LogP contribution in [0, 0.1) is 0 Å². The van der Waals surface area contributed by atoms with Crippen molar-refractivity contribution in [1.82, 2.24) is 19.4 Å². The Morgan fingerprint density at radius 1 is 1.47 bits per heavy atom. The first kappa shape index (κ1) is 14.5. The van der Waals surface area contributed by atoms with Gasteiger partial charge in [0.25, 0.3) is 0 Å². The molecule has 1 heterocycles. The second-order valence-electron chi connectivity index (χ2n) is 4.94. The van der Waals surface area contributed by atoms with E-state index in [1.165, 1.54) is 10.5 Å². The highest BCUT2D eigenvalue weighted by Crippen LogP contribution is 2.30. The van der Waals surface area contributed by atoms with E-state index in [1.54, 1.807) is 17.9 Å². The van der Waals surface area contributed by atoms with Gasteiger partial charge in [0.1, 0.15) is 4.90 Å². The molecule has 0 aromatic carbocycles. The van der Waals surface area contributed by atoms with Gasteiger partial charge in [-0.25, -0.2) is 8.42 Å². The summed E-state index contributed by atoms with van der Waals surface area (Å²) in [6, 6.07) is 0.180. The van der Waals surface area contributed by atoms with E-state index in [1.807, 2.05) is 0 Å². The molecule has 0 aliphatic heterocycles. The maximum atomic E-state index is 12.3. The Bertz CT molecular complexity index is 508. The molecule has 0 atom stereocenters. The highest BCUT2D eigenvalue weighted by atomic mass is 32.2. The van der Waals surface area contributed by atoms with Crippen molar-refractivity contribution < 1.29 is 8.42 Å². The fraction of sp³-hybridized carbons (Fsp3) is 0.750. The highest BCUT2D eigenvalue weighted by molar-refractivity contribution is 7.89. The van der Waals surface area contributed by atoms with Crippen molar-refractivity contribution in [3.05, 3.63) is 12.4 Å². The van der Waals surface area contributed by atoms with Gasteiger partial charge in [0, 0.05) is 25.8 Å². The lowest BCUT2D eigenvalue weighted by molar-refractivity contribution is 0.464. The molecule has 1 aromatic rings. The van der Waals surface area contributed by atoms with Crippen LogP contribution in [0.3, 0.4) is 0 Å². The van der Waals surface area contributed by atoms with E-state index in [4.69, 9.17) is 0 Å². The lowest BCUT2D eigenvalue weighted by atomic mass is 10.5. The normalized spacial score (nSPS) is 16.2. The molecule has 1 fully saturated rings. The van der Waals surface area contributed by atoms with Crippen LogP contribution in [0.5, 0.6) is 0 Å². The summed E-state index contributed by atoms with van der Waals surface area (Å²) < 4.78 is 27.7. The Morgan fingerprint density at radius 3 is 2.84 bits per heavy atom. The molecular weight excluding hydrogens is 264 g/mol. The zero-order valence-corrected chi connectivity index (χ0v) is 12.4. The van der Waals surface area contributed by atoms with Crippen molar-refractivity contribution in [2.24, 2.45) is 0 Å². The number of nitrogens with zero attached hydrogens (tertiary/aromatic N) is 3. The van der Waals surface area contributed by atoms with Gasteiger partial charge in [-0.1, -0.05) is 6.92 Å². The topological polar surface area (TPSA) is 67.2 Å². The van der Waals surface area contributed by atoms with Crippen molar-refractivity contribution >= 4 is 10.0 Å². The van der Waals surface area contributed by atoms with Crippen LogP contribution in [0.25, 0.3) is 0 Å². The minimum Gasteiger partial charge on any atom is -0.315 e. The number of aromatic nitrogens is 2. The summed E-state index contributed by atoms with van der Waals surface area (Å²) in [5.74, 6) is 0. The van der Waals surface area contributed by atoms with Gasteiger partial charge in [0.2, 0.25) is 10.0 Å². The highest BCUT2D eigenvalue weighted by Gasteiger charge is 2.35. The molecule has 108 valence electrons. The summed E-state index contributed by atoms with van der Waals surface area (Å²) in [7, 11) is -1.71. The summed E-state index contributed by atoms with van der Waals surface area (Å²) in [5, 5.41) is 7.37. The second kappa shape index (κ2) is 6.02. The molecular formula is C12H22N4O2S. The third kappa shape index (κ3) is 3.55. The first-order chi connectivity index (χ1) is 9.05. The van der Waals surface area contributed by atoms with E-state index >= 15 is 0 Å². The van der Waals surface area contributed by atoms with Crippen molar-refractivity contribution in [1.29, 1.82) is 0 Å². The lowest BCUT2D eigenvalue weighted by Crippen LogP contribution is -2.28. The summed E-state index contributed by atoms with van der Waals surface area (Å²) in [6.07, 6.45) is 6.07. The fourth-order valence-corrected chi connectivity index (χ4v) is 3.27. The summed E-state index contributed by atoms with van der Waals surface area (Å²) in [5.41, 5.74) is 0. The minimum atomic E-state index is -3.36. The zero-order valence-electron chi connectivity index (χ0n) is 11.5. The zero-order chi connectivity index (χ0) is 13.9. The molecule has 1 aromatic heterocycles. The predicted molar refractivity (Wildman–Crippen MR) is 73.4 cm³/mol. The Kier molecular flexibility index (Phi) is 4.59. The Labute approximate surface area is 114 Å². The molecule has 0 spiro atoms. The molecule has 0 amide bonds. The molecule has 1 aliphatic rings. The quantitative estimate of drug-likeness (QED) is 0.713. The average molecular weight is 286 g/mol. The van der Waals surface area contributed by atoms with Crippen LogP contribution in [0.1, 0.15) is 26.2 Å². The molecule has 1 saturated carbocycles. The van der Waals surface area contributed by atoms with Gasteiger partial charge in [0.15, 0.2) is 0 Å². The maximum absolute atomic E-state index is 12.3. The largest absolute Gasteiger partial charge is 0.315 e. The predicted octanol–water partition coefficient (Wildman–Crippen LogP) is 0.666. The molecule has 1 aliphatic carbocycles. The summed E-state index contributed by atoms with van der Waals surface area (Å²) in [4.78, 5) is 0.289. The van der Waals surface area contributed by atoms with Gasteiger partial charge >= 0.3 is 0 Å². The van der Waals surface area contributed by atoms with Gasteiger partial charge in [0.05, 0.1) is 12.7 Å². The molecule has 0 bridgehead atoms. The fourth-order valence-electron chi connectivity index (χ4n) is 1.90. The smallest absolute Gasteiger partial charge is 0.246 e. The third-order valence-electron chi connectivity index (χ3n) is 3.29. The summed E-state index contributed by atoms with van der Waals surface area (Å²) in [6.45, 7) is 4.56. The van der Waals surface area contributed by atoms with Crippen LogP contribution in [-0.4, -0.2) is 48.7 Å². The van der Waals surface area contributed by atoms with Gasteiger partial charge in [-0.2, -0.15) is 9.40 Å². The number of hydrogen-bond acceptors (Lipinski definition) is 4. The van der Waals surface area contributed by atoms with Gasteiger partial charge < -0.3 is 5.32 Å². The van der Waals surface area contributed by atoms with Crippen LogP contribution >= 0.6 is 0 Å². The van der Waals surface area contributed by atoms with Crippen molar-refractivity contribution in [3.8, 4) is 0 Å². The van der Waals surface area contributed by atoms with E-state index in [2.05, 4.69) is 17.3 Å². The average Bonchev–Trinajstić information content (AvgIpc) is 3.12. The van der Waals surface area contributed by atoms with Crippen LogP contribution < -0.4 is 5.32 Å². The molecule has 0 radical (unpaired) electrons. The number of sulfonamides is 1. The molecule has 7 heteroatoms. The minimum absolute atomic E-state index is 0.180. The van der Waals surface area contributed by atoms with E-state index in [0.717, 1.165) is 32.4 Å². The SMILES string of the molecule is CCCNCCn1cc(S(=O)(=O)N(C)C2CC2)cn1. The van der Waals surface area contributed by atoms with Gasteiger partial charge in [-0.05, 0) is 25.8 Å². The number of nitrogens with one attached hydrogen (secondary N) is 1. The maximum Gasteiger partial charge on any atom is 0.246 e. The Hall–Kier alpha value is -0.920. The van der Waals surface area contributed by atoms with Gasteiger partial charge in [-0.15, -0.1) is 0 Å². The Morgan fingerprint density at radius 2 is 2.21 bits per heavy atom. The van der Waals surface area contributed by atoms with E-state index < -0.39 is 10.0 Å². The molecule has 6 nitrogen and oxygen atoms in total. The van der Waals surface area contributed by atoms with Crippen LogP contribution in [0.2, 0.25) is 0 Å². The van der Waals surface area contributed by atoms with Crippen molar-refractivity contribution in [2.75, 3.05) is 20.1 Å². The van der Waals surface area contributed by atoms with Crippen LogP contribution in [0.15, 0.2) is 17.3 Å². The lowest BCUT2D eigenvalue weighted by Gasteiger charge is -2.14. The van der Waals surface area contributed by atoms with E-state index in [9.17, 15) is 8.42 Å². The molecule has 0 saturated heterocycles. The van der Waals surface area contributed by atoms with E-state index in [-0.39, 0.29) is 10.9 Å². The molecule has 1 N–H and O–H groups in total. The van der Waals surface area contributed by atoms with Crippen molar-refractivity contribution in [3.63, 3.8) is 0 Å². The van der Waals surface area contributed by atoms with Crippen LogP contribution in [0.4, 0.5) is 0 Å². The number of hydrogen-bond donors (Lipinski definition) is 1. The van der Waals surface area contributed by atoms with E-state index in [0.29, 0.717) is 6.54 Å². The summed E-state index contributed by atoms with van der Waals surface area (Å²) >= 11 is 0. The first-order valence-electron chi connectivity index (χ1n) is 6.77. The monoisotopic (exact) mass is 286 g/mol. The molecule has 2 rings (SSSR count). The standard InChI is InChI=1S/C12H22N4O2S/c1-3-6-13-7-8-16-10-12(9-14-16)19(17,18)15(2)11-4-5-11/h9-11,13H,3-8H2,1-2H3. The number of rotatable bonds is 8. The first-order valence-corrected chi connectivity index (χ1v) is 8.21. The van der Waals surface area contributed by atoms with Gasteiger partial charge in [-0.3, -0.25) is 4.68 Å².